The maximum Gasteiger partial charge on any atom is 0.222 e. The van der Waals surface area contributed by atoms with Crippen LogP contribution in [0.15, 0.2) is 36.7 Å². The summed E-state index contributed by atoms with van der Waals surface area (Å²) in [7, 11) is 4.08. The maximum absolute atomic E-state index is 12.4. The third kappa shape index (κ3) is 4.03. The van der Waals surface area contributed by atoms with Crippen molar-refractivity contribution < 1.29 is 4.79 Å². The minimum Gasteiger partial charge on any atom is -0.344 e. The van der Waals surface area contributed by atoms with E-state index in [1.54, 1.807) is 0 Å². The van der Waals surface area contributed by atoms with Gasteiger partial charge >= 0.3 is 0 Å². The second-order valence-electron chi connectivity index (χ2n) is 6.78. The molecule has 1 unspecified atom stereocenters. The molecule has 5 heteroatoms. The lowest BCUT2D eigenvalue weighted by Gasteiger charge is -2.36. The van der Waals surface area contributed by atoms with Crippen LogP contribution >= 0.6 is 0 Å². The van der Waals surface area contributed by atoms with Gasteiger partial charge in [-0.25, -0.2) is 0 Å². The molecule has 0 aliphatic carbocycles. The molecule has 0 saturated carbocycles. The van der Waals surface area contributed by atoms with Gasteiger partial charge in [0.1, 0.15) is 0 Å². The third-order valence-electron chi connectivity index (χ3n) is 4.94. The van der Waals surface area contributed by atoms with Crippen LogP contribution < -0.4 is 0 Å². The molecule has 2 aromatic rings. The molecule has 5 nitrogen and oxygen atoms in total. The number of fused-ring (bicyclic) bond motifs is 1. The van der Waals surface area contributed by atoms with E-state index >= 15 is 0 Å². The van der Waals surface area contributed by atoms with Crippen LogP contribution in [0.4, 0.5) is 0 Å². The van der Waals surface area contributed by atoms with Gasteiger partial charge in [-0.2, -0.15) is 5.10 Å². The van der Waals surface area contributed by atoms with E-state index in [-0.39, 0.29) is 5.91 Å². The first-order chi connectivity index (χ1) is 11.6. The fourth-order valence-electron chi connectivity index (χ4n) is 3.39. The van der Waals surface area contributed by atoms with Gasteiger partial charge in [0.25, 0.3) is 0 Å². The van der Waals surface area contributed by atoms with Gasteiger partial charge in [-0.1, -0.05) is 24.3 Å². The summed E-state index contributed by atoms with van der Waals surface area (Å²) in [5.41, 5.74) is 3.99. The number of hydrogen-bond acceptors (Lipinski definition) is 3. The number of aryl methyl sites for hydroxylation is 1. The molecule has 1 aliphatic rings. The largest absolute Gasteiger partial charge is 0.344 e. The SMILES string of the molecule is CN(CC1Cc2ccccc2CN1C)C(=O)CCCc1cn[nH]c1. The van der Waals surface area contributed by atoms with Crippen molar-refractivity contribution in [3.05, 3.63) is 53.3 Å². The van der Waals surface area contributed by atoms with Crippen molar-refractivity contribution in [3.63, 3.8) is 0 Å². The Balaban J connectivity index is 1.49. The van der Waals surface area contributed by atoms with Gasteiger partial charge < -0.3 is 4.90 Å². The molecule has 1 aromatic carbocycles. The van der Waals surface area contributed by atoms with Crippen molar-refractivity contribution in [3.8, 4) is 0 Å². The highest BCUT2D eigenvalue weighted by molar-refractivity contribution is 5.75. The lowest BCUT2D eigenvalue weighted by atomic mass is 9.94. The summed E-state index contributed by atoms with van der Waals surface area (Å²) >= 11 is 0. The first-order valence-corrected chi connectivity index (χ1v) is 8.62. The highest BCUT2D eigenvalue weighted by Gasteiger charge is 2.25. The fraction of sp³-hybridized carbons (Fsp3) is 0.474. The van der Waals surface area contributed by atoms with Crippen LogP contribution in [0.25, 0.3) is 0 Å². The number of H-pyrrole nitrogens is 1. The van der Waals surface area contributed by atoms with Gasteiger partial charge in [0.05, 0.1) is 6.20 Å². The number of likely N-dealkylation sites (N-methyl/N-ethyl adjacent to an activating group) is 2. The lowest BCUT2D eigenvalue weighted by Crippen LogP contribution is -2.46. The predicted molar refractivity (Wildman–Crippen MR) is 94.6 cm³/mol. The summed E-state index contributed by atoms with van der Waals surface area (Å²) in [6.07, 6.45) is 7.08. The Hall–Kier alpha value is -2.14. The van der Waals surface area contributed by atoms with Crippen molar-refractivity contribution in [2.24, 2.45) is 0 Å². The number of aromatic nitrogens is 2. The topological polar surface area (TPSA) is 52.2 Å². The Morgan fingerprint density at radius 3 is 2.92 bits per heavy atom. The molecule has 0 radical (unpaired) electrons. The van der Waals surface area contributed by atoms with Crippen molar-refractivity contribution in [1.82, 2.24) is 20.0 Å². The van der Waals surface area contributed by atoms with E-state index in [2.05, 4.69) is 46.4 Å². The number of benzene rings is 1. The number of aromatic amines is 1. The number of carbonyl (C=O) groups excluding carboxylic acids is 1. The van der Waals surface area contributed by atoms with E-state index < -0.39 is 0 Å². The molecular weight excluding hydrogens is 300 g/mol. The summed E-state index contributed by atoms with van der Waals surface area (Å²) in [4.78, 5) is 16.6. The Morgan fingerprint density at radius 1 is 1.38 bits per heavy atom. The number of nitrogens with zero attached hydrogens (tertiary/aromatic N) is 3. The van der Waals surface area contributed by atoms with E-state index in [4.69, 9.17) is 0 Å². The van der Waals surface area contributed by atoms with Crippen LogP contribution in [0, 0.1) is 0 Å². The van der Waals surface area contributed by atoms with E-state index in [1.807, 2.05) is 24.3 Å². The molecule has 3 rings (SSSR count). The summed E-state index contributed by atoms with van der Waals surface area (Å²) < 4.78 is 0. The zero-order valence-corrected chi connectivity index (χ0v) is 14.5. The summed E-state index contributed by atoms with van der Waals surface area (Å²) in [5.74, 6) is 0.228. The lowest BCUT2D eigenvalue weighted by molar-refractivity contribution is -0.130. The predicted octanol–water partition coefficient (Wildman–Crippen LogP) is 2.25. The average molecular weight is 326 g/mol. The van der Waals surface area contributed by atoms with Gasteiger partial charge in [0.15, 0.2) is 0 Å². The Morgan fingerprint density at radius 2 is 2.17 bits per heavy atom. The molecule has 0 fully saturated rings. The maximum atomic E-state index is 12.4. The molecule has 0 saturated heterocycles. The van der Waals surface area contributed by atoms with Crippen molar-refractivity contribution >= 4 is 5.91 Å². The monoisotopic (exact) mass is 326 g/mol. The van der Waals surface area contributed by atoms with Gasteiger partial charge in [-0.05, 0) is 43.0 Å². The molecule has 1 amide bonds. The second kappa shape index (κ2) is 7.62. The Labute approximate surface area is 143 Å². The third-order valence-corrected chi connectivity index (χ3v) is 4.94. The molecule has 1 N–H and O–H groups in total. The normalized spacial score (nSPS) is 17.5. The van der Waals surface area contributed by atoms with Gasteiger partial charge in [-0.3, -0.25) is 14.8 Å². The molecule has 24 heavy (non-hydrogen) atoms. The molecule has 0 spiro atoms. The summed E-state index contributed by atoms with van der Waals surface area (Å²) in [6.45, 7) is 1.75. The van der Waals surface area contributed by atoms with Crippen LogP contribution in [0.1, 0.15) is 29.5 Å². The summed E-state index contributed by atoms with van der Waals surface area (Å²) in [5, 5.41) is 6.74. The van der Waals surface area contributed by atoms with Crippen molar-refractivity contribution in [1.29, 1.82) is 0 Å². The zero-order chi connectivity index (χ0) is 16.9. The number of amides is 1. The standard InChI is InChI=1S/C19H26N4O/c1-22-13-17-8-4-3-7-16(17)10-18(22)14-23(2)19(24)9-5-6-15-11-20-21-12-15/h3-4,7-8,11-12,18H,5-6,9-10,13-14H2,1-2H3,(H,20,21). The van der Waals surface area contributed by atoms with Crippen LogP contribution in [0.5, 0.6) is 0 Å². The average Bonchev–Trinajstić information content (AvgIpc) is 3.08. The quantitative estimate of drug-likeness (QED) is 0.886. The van der Waals surface area contributed by atoms with Crippen LogP contribution in [-0.4, -0.2) is 52.6 Å². The van der Waals surface area contributed by atoms with Crippen LogP contribution in [0.2, 0.25) is 0 Å². The Kier molecular flexibility index (Phi) is 5.30. The number of hydrogen-bond donors (Lipinski definition) is 1. The van der Waals surface area contributed by atoms with E-state index in [1.165, 1.54) is 11.1 Å². The molecular formula is C19H26N4O. The highest BCUT2D eigenvalue weighted by atomic mass is 16.2. The van der Waals surface area contributed by atoms with E-state index in [0.717, 1.165) is 37.9 Å². The number of carbonyl (C=O) groups is 1. The minimum absolute atomic E-state index is 0.228. The molecule has 128 valence electrons. The molecule has 1 atom stereocenters. The van der Waals surface area contributed by atoms with Crippen LogP contribution in [0.3, 0.4) is 0 Å². The highest BCUT2D eigenvalue weighted by Crippen LogP contribution is 2.22. The first-order valence-electron chi connectivity index (χ1n) is 8.62. The molecule has 2 heterocycles. The first kappa shape index (κ1) is 16.7. The smallest absolute Gasteiger partial charge is 0.222 e. The zero-order valence-electron chi connectivity index (χ0n) is 14.5. The second-order valence-corrected chi connectivity index (χ2v) is 6.78. The van der Waals surface area contributed by atoms with Gasteiger partial charge in [0, 0.05) is 38.8 Å². The van der Waals surface area contributed by atoms with Crippen molar-refractivity contribution in [2.75, 3.05) is 20.6 Å². The molecule has 0 bridgehead atoms. The molecule has 1 aliphatic heterocycles. The molecule has 1 aromatic heterocycles. The van der Waals surface area contributed by atoms with E-state index in [9.17, 15) is 4.79 Å². The number of nitrogens with one attached hydrogen (secondary N) is 1. The Bertz CT molecular complexity index is 668. The van der Waals surface area contributed by atoms with Crippen LogP contribution in [-0.2, 0) is 24.2 Å². The minimum atomic E-state index is 0.228. The number of rotatable bonds is 6. The van der Waals surface area contributed by atoms with Gasteiger partial charge in [0.2, 0.25) is 5.91 Å². The van der Waals surface area contributed by atoms with E-state index in [0.29, 0.717) is 12.5 Å². The van der Waals surface area contributed by atoms with Gasteiger partial charge in [-0.15, -0.1) is 0 Å². The fourth-order valence-corrected chi connectivity index (χ4v) is 3.39. The van der Waals surface area contributed by atoms with Crippen molar-refractivity contribution in [2.45, 2.75) is 38.3 Å². The summed E-state index contributed by atoms with van der Waals surface area (Å²) in [6, 6.07) is 9.01.